The molecule has 0 atom stereocenters. The Bertz CT molecular complexity index is 558. The van der Waals surface area contributed by atoms with E-state index >= 15 is 0 Å². The van der Waals surface area contributed by atoms with Crippen LogP contribution in [-0.2, 0) is 25.9 Å². The Morgan fingerprint density at radius 3 is 2.40 bits per heavy atom. The molecule has 1 aromatic heterocycles. The fourth-order valence-electron chi connectivity index (χ4n) is 2.54. The van der Waals surface area contributed by atoms with E-state index in [1.165, 1.54) is 26.1 Å². The van der Waals surface area contributed by atoms with Crippen molar-refractivity contribution < 1.29 is 0 Å². The molecule has 1 heterocycles. The maximum absolute atomic E-state index is 4.81. The van der Waals surface area contributed by atoms with Gasteiger partial charge < -0.3 is 5.32 Å². The van der Waals surface area contributed by atoms with Crippen LogP contribution in [-0.4, -0.2) is 16.8 Å². The van der Waals surface area contributed by atoms with Crippen molar-refractivity contribution in [3.8, 4) is 0 Å². The fraction of sp³-hybridized carbons (Fsp3) is 0.438. The van der Waals surface area contributed by atoms with Gasteiger partial charge in [-0.1, -0.05) is 26.0 Å². The number of aryl methyl sites for hydroxylation is 1. The van der Waals surface area contributed by atoms with Crippen molar-refractivity contribution >= 4 is 22.6 Å². The SMILES string of the molecule is CCc1nn(Cc2ccc(I)cc2)c(CC)c1CNC. The summed E-state index contributed by atoms with van der Waals surface area (Å²) in [5.41, 5.74) is 5.26. The molecule has 4 heteroatoms. The van der Waals surface area contributed by atoms with Crippen LogP contribution in [0.5, 0.6) is 0 Å². The van der Waals surface area contributed by atoms with Crippen molar-refractivity contribution in [3.63, 3.8) is 0 Å². The van der Waals surface area contributed by atoms with Gasteiger partial charge in [0.05, 0.1) is 12.2 Å². The zero-order chi connectivity index (χ0) is 14.5. The minimum Gasteiger partial charge on any atom is -0.316 e. The third-order valence-corrected chi connectivity index (χ3v) is 4.24. The van der Waals surface area contributed by atoms with E-state index < -0.39 is 0 Å². The number of nitrogens with zero attached hydrogens (tertiary/aromatic N) is 2. The number of nitrogens with one attached hydrogen (secondary N) is 1. The van der Waals surface area contributed by atoms with Crippen LogP contribution in [0.25, 0.3) is 0 Å². The van der Waals surface area contributed by atoms with Gasteiger partial charge in [0.25, 0.3) is 0 Å². The molecule has 0 bridgehead atoms. The van der Waals surface area contributed by atoms with Gasteiger partial charge >= 0.3 is 0 Å². The lowest BCUT2D eigenvalue weighted by Gasteiger charge is -2.08. The summed E-state index contributed by atoms with van der Waals surface area (Å²) in [5.74, 6) is 0. The molecule has 20 heavy (non-hydrogen) atoms. The molecule has 0 aliphatic heterocycles. The minimum atomic E-state index is 0.858. The Hall–Kier alpha value is -0.880. The predicted molar refractivity (Wildman–Crippen MR) is 92.0 cm³/mol. The maximum Gasteiger partial charge on any atom is 0.0669 e. The van der Waals surface area contributed by atoms with E-state index in [1.807, 2.05) is 7.05 Å². The zero-order valence-corrected chi connectivity index (χ0v) is 14.6. The number of hydrogen-bond acceptors (Lipinski definition) is 2. The minimum absolute atomic E-state index is 0.858. The van der Waals surface area contributed by atoms with Crippen LogP contribution in [0.1, 0.15) is 36.4 Å². The van der Waals surface area contributed by atoms with Gasteiger partial charge in [-0.05, 0) is 60.2 Å². The summed E-state index contributed by atoms with van der Waals surface area (Å²) in [6.07, 6.45) is 2.01. The average Bonchev–Trinajstić information content (AvgIpc) is 2.79. The first-order chi connectivity index (χ1) is 9.69. The van der Waals surface area contributed by atoms with Crippen LogP contribution < -0.4 is 5.32 Å². The number of hydrogen-bond donors (Lipinski definition) is 1. The number of halogens is 1. The van der Waals surface area contributed by atoms with Gasteiger partial charge in [0.1, 0.15) is 0 Å². The molecule has 0 spiro atoms. The summed E-state index contributed by atoms with van der Waals surface area (Å²) < 4.78 is 3.45. The molecule has 1 N–H and O–H groups in total. The van der Waals surface area contributed by atoms with E-state index in [-0.39, 0.29) is 0 Å². The molecular formula is C16H22IN3. The Morgan fingerprint density at radius 2 is 1.85 bits per heavy atom. The van der Waals surface area contributed by atoms with Gasteiger partial charge in [-0.3, -0.25) is 4.68 Å². The number of rotatable bonds is 6. The quantitative estimate of drug-likeness (QED) is 0.776. The van der Waals surface area contributed by atoms with Gasteiger partial charge in [-0.25, -0.2) is 0 Å². The van der Waals surface area contributed by atoms with Crippen molar-refractivity contribution in [1.82, 2.24) is 15.1 Å². The Kier molecular flexibility index (Phi) is 5.60. The van der Waals surface area contributed by atoms with Crippen LogP contribution in [0.4, 0.5) is 0 Å². The lowest BCUT2D eigenvalue weighted by molar-refractivity contribution is 0.638. The molecule has 0 saturated heterocycles. The topological polar surface area (TPSA) is 29.9 Å². The van der Waals surface area contributed by atoms with Crippen molar-refractivity contribution in [2.75, 3.05) is 7.05 Å². The maximum atomic E-state index is 4.81. The predicted octanol–water partition coefficient (Wildman–Crippen LogP) is 3.38. The first-order valence-electron chi connectivity index (χ1n) is 7.16. The van der Waals surface area contributed by atoms with Crippen LogP contribution in [0, 0.1) is 3.57 Å². The first-order valence-corrected chi connectivity index (χ1v) is 8.23. The lowest BCUT2D eigenvalue weighted by Crippen LogP contribution is -2.10. The fourth-order valence-corrected chi connectivity index (χ4v) is 2.90. The first kappa shape index (κ1) is 15.5. The summed E-state index contributed by atoms with van der Waals surface area (Å²) in [6, 6.07) is 8.68. The van der Waals surface area contributed by atoms with Gasteiger partial charge in [0.2, 0.25) is 0 Å². The van der Waals surface area contributed by atoms with Gasteiger partial charge in [-0.15, -0.1) is 0 Å². The highest BCUT2D eigenvalue weighted by atomic mass is 127. The molecule has 2 rings (SSSR count). The lowest BCUT2D eigenvalue weighted by atomic mass is 10.1. The van der Waals surface area contributed by atoms with Crippen molar-refractivity contribution in [2.45, 2.75) is 39.8 Å². The highest BCUT2D eigenvalue weighted by Crippen LogP contribution is 2.18. The molecule has 2 aromatic rings. The summed E-state index contributed by atoms with van der Waals surface area (Å²) >= 11 is 2.34. The second kappa shape index (κ2) is 7.22. The molecule has 3 nitrogen and oxygen atoms in total. The molecule has 0 amide bonds. The third-order valence-electron chi connectivity index (χ3n) is 3.52. The number of aromatic nitrogens is 2. The summed E-state index contributed by atoms with van der Waals surface area (Å²) in [7, 11) is 2.00. The Morgan fingerprint density at radius 1 is 1.15 bits per heavy atom. The van der Waals surface area contributed by atoms with Crippen LogP contribution in [0.3, 0.4) is 0 Å². The van der Waals surface area contributed by atoms with E-state index in [0.717, 1.165) is 25.9 Å². The van der Waals surface area contributed by atoms with Crippen molar-refractivity contribution in [2.24, 2.45) is 0 Å². The third kappa shape index (κ3) is 3.41. The van der Waals surface area contributed by atoms with Crippen LogP contribution >= 0.6 is 22.6 Å². The Balaban J connectivity index is 2.33. The van der Waals surface area contributed by atoms with Crippen molar-refractivity contribution in [1.29, 1.82) is 0 Å². The Labute approximate surface area is 134 Å². The molecule has 0 unspecified atom stereocenters. The zero-order valence-electron chi connectivity index (χ0n) is 12.4. The van der Waals surface area contributed by atoms with E-state index in [1.54, 1.807) is 0 Å². The molecule has 0 fully saturated rings. The summed E-state index contributed by atoms with van der Waals surface area (Å²) in [6.45, 7) is 6.14. The molecule has 0 saturated carbocycles. The van der Waals surface area contributed by atoms with E-state index in [0.29, 0.717) is 0 Å². The largest absolute Gasteiger partial charge is 0.316 e. The van der Waals surface area contributed by atoms with Crippen molar-refractivity contribution in [3.05, 3.63) is 50.4 Å². The second-order valence-electron chi connectivity index (χ2n) is 4.89. The molecule has 0 radical (unpaired) electrons. The molecular weight excluding hydrogens is 361 g/mol. The standard InChI is InChI=1S/C16H22IN3/c1-4-15-14(10-18-3)16(5-2)20(19-15)11-12-6-8-13(17)9-7-12/h6-9,18H,4-5,10-11H2,1-3H3. The highest BCUT2D eigenvalue weighted by Gasteiger charge is 2.14. The highest BCUT2D eigenvalue weighted by molar-refractivity contribution is 14.1. The van der Waals surface area contributed by atoms with Gasteiger partial charge in [0, 0.05) is 21.4 Å². The van der Waals surface area contributed by atoms with E-state index in [9.17, 15) is 0 Å². The number of benzene rings is 1. The van der Waals surface area contributed by atoms with Gasteiger partial charge in [-0.2, -0.15) is 5.10 Å². The average molecular weight is 383 g/mol. The summed E-state index contributed by atoms with van der Waals surface area (Å²) in [4.78, 5) is 0. The van der Waals surface area contributed by atoms with E-state index in [2.05, 4.69) is 70.7 Å². The molecule has 108 valence electrons. The van der Waals surface area contributed by atoms with Crippen LogP contribution in [0.2, 0.25) is 0 Å². The van der Waals surface area contributed by atoms with Gasteiger partial charge in [0.15, 0.2) is 0 Å². The molecule has 0 aliphatic rings. The van der Waals surface area contributed by atoms with E-state index in [4.69, 9.17) is 5.10 Å². The monoisotopic (exact) mass is 383 g/mol. The van der Waals surface area contributed by atoms with Crippen LogP contribution in [0.15, 0.2) is 24.3 Å². The smallest absolute Gasteiger partial charge is 0.0669 e. The summed E-state index contributed by atoms with van der Waals surface area (Å²) in [5, 5.41) is 8.07. The molecule has 1 aromatic carbocycles. The molecule has 0 aliphatic carbocycles. The second-order valence-corrected chi connectivity index (χ2v) is 6.14. The normalized spacial score (nSPS) is 11.0.